The van der Waals surface area contributed by atoms with E-state index in [0.717, 1.165) is 0 Å². The van der Waals surface area contributed by atoms with E-state index in [1.54, 1.807) is 0 Å². The van der Waals surface area contributed by atoms with Crippen molar-refractivity contribution in [2.24, 2.45) is 5.40 Å². The van der Waals surface area contributed by atoms with Crippen LogP contribution in [0.25, 0.3) is 0 Å². The molecule has 176 valence electrons. The molecule has 0 aliphatic heterocycles. The lowest BCUT2D eigenvalue weighted by atomic mass is 10.2. The van der Waals surface area contributed by atoms with Crippen molar-refractivity contribution in [3.05, 3.63) is 0 Å². The summed E-state index contributed by atoms with van der Waals surface area (Å²) >= 11 is 0. The van der Waals surface area contributed by atoms with E-state index in [4.69, 9.17) is 5.40 Å². The second-order valence-corrected chi connectivity index (χ2v) is 12.1. The Morgan fingerprint density at radius 1 is 0.414 bits per heavy atom. The molecule has 0 saturated carbocycles. The zero-order chi connectivity index (χ0) is 22.6. The monoisotopic (exact) mass is 461 g/mol. The zero-order valence-electron chi connectivity index (χ0n) is 16.6. The van der Waals surface area contributed by atoms with Crippen molar-refractivity contribution in [2.45, 2.75) is 114 Å². The Bertz CT molecular complexity index is 359. The van der Waals surface area contributed by atoms with Gasteiger partial charge in [0, 0.05) is 19.3 Å². The van der Waals surface area contributed by atoms with Crippen LogP contribution in [0.1, 0.15) is 77.0 Å². The molecule has 0 unspecified atom stereocenters. The molecule has 11 heteroatoms. The number of halogens is 9. The van der Waals surface area contributed by atoms with Gasteiger partial charge in [-0.3, -0.25) is 0 Å². The van der Waals surface area contributed by atoms with Gasteiger partial charge < -0.3 is 5.40 Å². The predicted molar refractivity (Wildman–Crippen MR) is 97.9 cm³/mol. The van der Waals surface area contributed by atoms with Crippen LogP contribution in [0.3, 0.4) is 0 Å². The topological polar surface area (TPSA) is 26.0 Å². The van der Waals surface area contributed by atoms with Crippen LogP contribution >= 0.6 is 0 Å². The molecule has 0 radical (unpaired) electrons. The smallest absolute Gasteiger partial charge is 0.351 e. The Morgan fingerprint density at radius 2 is 0.655 bits per heavy atom. The number of hydrogen-bond donors (Lipinski definition) is 1. The van der Waals surface area contributed by atoms with Crippen LogP contribution in [-0.4, -0.2) is 26.8 Å². The summed E-state index contributed by atoms with van der Waals surface area (Å²) in [6.07, 6.45) is -12.5. The summed E-state index contributed by atoms with van der Waals surface area (Å²) in [5, 5.41) is 6.47. The molecular weight excluding hydrogens is 429 g/mol. The highest BCUT2D eigenvalue weighted by Gasteiger charge is 2.30. The minimum Gasteiger partial charge on any atom is -0.351 e. The molecule has 0 bridgehead atoms. The molecule has 0 aliphatic carbocycles. The molecular formula is C18H32F9NSi. The van der Waals surface area contributed by atoms with Crippen LogP contribution in [0.2, 0.25) is 18.1 Å². The van der Waals surface area contributed by atoms with Crippen molar-refractivity contribution in [3.8, 4) is 0 Å². The van der Waals surface area contributed by atoms with Crippen LogP contribution in [0.5, 0.6) is 0 Å². The highest BCUT2D eigenvalue weighted by Crippen LogP contribution is 2.29. The van der Waals surface area contributed by atoms with E-state index in [9.17, 15) is 39.5 Å². The first-order chi connectivity index (χ1) is 13.1. The van der Waals surface area contributed by atoms with Gasteiger partial charge in [0.15, 0.2) is 0 Å². The fourth-order valence-corrected chi connectivity index (χ4v) is 6.93. The van der Waals surface area contributed by atoms with Crippen molar-refractivity contribution in [2.75, 3.05) is 0 Å². The lowest BCUT2D eigenvalue weighted by Gasteiger charge is -2.27. The molecule has 1 nitrogen and oxygen atoms in total. The van der Waals surface area contributed by atoms with E-state index >= 15 is 0 Å². The van der Waals surface area contributed by atoms with Gasteiger partial charge in [-0.25, -0.2) is 0 Å². The van der Waals surface area contributed by atoms with Gasteiger partial charge in [0.05, 0.1) is 0 Å². The van der Waals surface area contributed by atoms with Crippen LogP contribution < -0.4 is 5.40 Å². The molecule has 2 N–H and O–H groups in total. The first-order valence-corrected chi connectivity index (χ1v) is 12.8. The van der Waals surface area contributed by atoms with Crippen LogP contribution in [-0.2, 0) is 0 Å². The summed E-state index contributed by atoms with van der Waals surface area (Å²) in [6, 6.07) is 1.68. The van der Waals surface area contributed by atoms with Gasteiger partial charge in [-0.2, -0.15) is 39.5 Å². The molecule has 0 aromatic heterocycles. The first-order valence-electron chi connectivity index (χ1n) is 10.1. The maximum Gasteiger partial charge on any atom is 0.389 e. The number of nitrogens with two attached hydrogens (primary N) is 1. The van der Waals surface area contributed by atoms with E-state index in [1.807, 2.05) is 0 Å². The van der Waals surface area contributed by atoms with E-state index in [0.29, 0.717) is 56.7 Å². The van der Waals surface area contributed by atoms with Gasteiger partial charge >= 0.3 is 18.5 Å². The van der Waals surface area contributed by atoms with Crippen molar-refractivity contribution in [1.29, 1.82) is 0 Å². The lowest BCUT2D eigenvalue weighted by molar-refractivity contribution is -0.136. The summed E-state index contributed by atoms with van der Waals surface area (Å²) in [5.74, 6) is 0. The second kappa shape index (κ2) is 13.1. The standard InChI is InChI=1S/C18H32F9NSi/c19-16(20,21)10-4-1-7-13-29(28,14-8-2-5-11-17(22,23)24)15-9-3-6-12-18(25,26)27/h1-15,28H2. The SMILES string of the molecule is N[Si](CCCCCC(F)(F)F)(CCCCCC(F)(F)F)CCCCCC(F)(F)F. The largest absolute Gasteiger partial charge is 0.389 e. The maximum absolute atomic E-state index is 12.2. The number of alkyl halides is 9. The van der Waals surface area contributed by atoms with E-state index in [2.05, 4.69) is 0 Å². The first kappa shape index (κ1) is 28.5. The Labute approximate surface area is 167 Å². The summed E-state index contributed by atoms with van der Waals surface area (Å²) in [7, 11) is -2.38. The Balaban J connectivity index is 4.33. The van der Waals surface area contributed by atoms with E-state index in [1.165, 1.54) is 0 Å². The molecule has 0 aromatic rings. The lowest BCUT2D eigenvalue weighted by Crippen LogP contribution is -2.45. The average molecular weight is 462 g/mol. The van der Waals surface area contributed by atoms with Crippen molar-refractivity contribution in [1.82, 2.24) is 0 Å². The minimum atomic E-state index is -4.20. The average Bonchev–Trinajstić information content (AvgIpc) is 2.50. The molecule has 0 spiro atoms. The van der Waals surface area contributed by atoms with Gasteiger partial charge in [-0.05, 0) is 37.4 Å². The Hall–Kier alpha value is -0.453. The van der Waals surface area contributed by atoms with Crippen LogP contribution in [0, 0.1) is 0 Å². The van der Waals surface area contributed by atoms with Crippen molar-refractivity contribution < 1.29 is 39.5 Å². The predicted octanol–water partition coefficient (Wildman–Crippen LogP) is 8.26. The fourth-order valence-electron chi connectivity index (χ4n) is 3.31. The molecule has 0 aromatic carbocycles. The third-order valence-electron chi connectivity index (χ3n) is 4.90. The highest BCUT2D eigenvalue weighted by molar-refractivity contribution is 6.76. The zero-order valence-corrected chi connectivity index (χ0v) is 17.6. The van der Waals surface area contributed by atoms with E-state index < -0.39 is 46.0 Å². The summed E-state index contributed by atoms with van der Waals surface area (Å²) < 4.78 is 110. The minimum absolute atomic E-state index is 0.00510. The van der Waals surface area contributed by atoms with Gasteiger partial charge in [0.1, 0.15) is 8.24 Å². The van der Waals surface area contributed by atoms with Gasteiger partial charge in [0.25, 0.3) is 0 Å². The molecule has 0 fully saturated rings. The van der Waals surface area contributed by atoms with Gasteiger partial charge in [-0.1, -0.05) is 38.5 Å². The summed E-state index contributed by atoms with van der Waals surface area (Å²) in [4.78, 5) is 0. The normalized spacial score (nSPS) is 13.9. The fraction of sp³-hybridized carbons (Fsp3) is 1.00. The van der Waals surface area contributed by atoms with Crippen LogP contribution in [0.4, 0.5) is 39.5 Å². The highest BCUT2D eigenvalue weighted by atomic mass is 28.3. The quantitative estimate of drug-likeness (QED) is 0.148. The van der Waals surface area contributed by atoms with Gasteiger partial charge in [0.2, 0.25) is 0 Å². The Morgan fingerprint density at radius 3 is 0.862 bits per heavy atom. The third kappa shape index (κ3) is 20.6. The molecule has 0 saturated heterocycles. The maximum atomic E-state index is 12.2. The molecule has 29 heavy (non-hydrogen) atoms. The second-order valence-electron chi connectivity index (χ2n) is 7.89. The molecule has 0 heterocycles. The molecule has 0 aliphatic rings. The number of rotatable bonds is 15. The summed E-state index contributed by atoms with van der Waals surface area (Å²) in [5.41, 5.74) is 0. The number of hydrogen-bond acceptors (Lipinski definition) is 1. The Kier molecular flexibility index (Phi) is 12.9. The number of unbranched alkanes of at least 4 members (excludes halogenated alkanes) is 6. The van der Waals surface area contributed by atoms with Crippen molar-refractivity contribution in [3.63, 3.8) is 0 Å². The molecule has 0 rings (SSSR count). The van der Waals surface area contributed by atoms with Crippen LogP contribution in [0.15, 0.2) is 0 Å². The third-order valence-corrected chi connectivity index (χ3v) is 8.95. The molecule has 0 atom stereocenters. The van der Waals surface area contributed by atoms with Gasteiger partial charge in [-0.15, -0.1) is 0 Å². The van der Waals surface area contributed by atoms with E-state index in [-0.39, 0.29) is 19.3 Å². The molecule has 0 amide bonds. The summed E-state index contributed by atoms with van der Waals surface area (Å²) in [6.45, 7) is 0. The van der Waals surface area contributed by atoms with Crippen molar-refractivity contribution >= 4 is 8.24 Å².